The third kappa shape index (κ3) is 2.35. The minimum absolute atomic E-state index is 1.31. The normalized spacial score (nSPS) is 12.0. The van der Waals surface area contributed by atoms with Crippen LogP contribution < -0.4 is 4.40 Å². The van der Waals surface area contributed by atoms with Crippen LogP contribution in [0.3, 0.4) is 0 Å². The van der Waals surface area contributed by atoms with Gasteiger partial charge in [0.25, 0.3) is 0 Å². The van der Waals surface area contributed by atoms with Gasteiger partial charge in [0.05, 0.1) is 0 Å². The molecular formula is C6Cl3F5Ge. The van der Waals surface area contributed by atoms with Gasteiger partial charge in [-0.25, -0.2) is 0 Å². The summed E-state index contributed by atoms with van der Waals surface area (Å²) in [5, 5.41) is 0. The van der Waals surface area contributed by atoms with E-state index in [0.29, 0.717) is 0 Å². The number of hydrogen-bond donors (Lipinski definition) is 0. The standard InChI is InChI=1S/C6Cl3F5Ge/c7-15(8,9)6-4(13)2(11)1(10)3(12)5(6)14. The summed E-state index contributed by atoms with van der Waals surface area (Å²) in [5.74, 6) is -10.6. The van der Waals surface area contributed by atoms with Crippen molar-refractivity contribution in [1.29, 1.82) is 0 Å². The molecule has 0 aliphatic rings. The minimum atomic E-state index is -4.70. The van der Waals surface area contributed by atoms with Gasteiger partial charge in [-0.15, -0.1) is 0 Å². The third-order valence-electron chi connectivity index (χ3n) is 1.49. The van der Waals surface area contributed by atoms with E-state index in [-0.39, 0.29) is 0 Å². The molecule has 0 nitrogen and oxygen atoms in total. The molecule has 1 rings (SSSR count). The second-order valence-corrected chi connectivity index (χ2v) is 17.4. The van der Waals surface area contributed by atoms with Crippen molar-refractivity contribution in [1.82, 2.24) is 0 Å². The molecule has 0 saturated heterocycles. The summed E-state index contributed by atoms with van der Waals surface area (Å²) >= 11 is 0. The van der Waals surface area contributed by atoms with Crippen molar-refractivity contribution in [2.45, 2.75) is 0 Å². The second kappa shape index (κ2) is 4.27. The Bertz CT molecular complexity index is 387. The predicted octanol–water partition coefficient (Wildman–Crippen LogP) is 3.24. The molecule has 0 amide bonds. The fraction of sp³-hybridized carbons (Fsp3) is 0. The van der Waals surface area contributed by atoms with Gasteiger partial charge in [-0.1, -0.05) is 0 Å². The molecule has 0 saturated carbocycles. The molecule has 0 bridgehead atoms. The summed E-state index contributed by atoms with van der Waals surface area (Å²) in [4.78, 5) is 0. The van der Waals surface area contributed by atoms with Crippen LogP contribution in [0.4, 0.5) is 22.0 Å². The predicted molar refractivity (Wildman–Crippen MR) is 49.2 cm³/mol. The molecular weight excluding hydrogens is 346 g/mol. The molecule has 0 aliphatic heterocycles. The Morgan fingerprint density at radius 3 is 1.13 bits per heavy atom. The van der Waals surface area contributed by atoms with Crippen LogP contribution in [0.15, 0.2) is 0 Å². The van der Waals surface area contributed by atoms with E-state index in [0.717, 1.165) is 0 Å². The number of rotatable bonds is 1. The van der Waals surface area contributed by atoms with Gasteiger partial charge in [-0.05, 0) is 0 Å². The average Bonchev–Trinajstić information content (AvgIpc) is 2.09. The Kier molecular flexibility index (Phi) is 3.80. The summed E-state index contributed by atoms with van der Waals surface area (Å²) in [6.07, 6.45) is 0. The molecule has 0 radical (unpaired) electrons. The van der Waals surface area contributed by atoms with Crippen molar-refractivity contribution < 1.29 is 22.0 Å². The monoisotopic (exact) mass is 346 g/mol. The Morgan fingerprint density at radius 2 is 0.867 bits per heavy atom. The van der Waals surface area contributed by atoms with Crippen molar-refractivity contribution in [2.75, 3.05) is 0 Å². The van der Waals surface area contributed by atoms with Gasteiger partial charge in [-0.3, -0.25) is 0 Å². The van der Waals surface area contributed by atoms with Gasteiger partial charge in [0.15, 0.2) is 0 Å². The first-order chi connectivity index (χ1) is 6.68. The van der Waals surface area contributed by atoms with Crippen LogP contribution >= 0.6 is 30.0 Å². The van der Waals surface area contributed by atoms with Crippen LogP contribution in [0.1, 0.15) is 0 Å². The van der Waals surface area contributed by atoms with Crippen LogP contribution in [0.5, 0.6) is 0 Å². The average molecular weight is 346 g/mol. The fourth-order valence-electron chi connectivity index (χ4n) is 0.854. The summed E-state index contributed by atoms with van der Waals surface area (Å²) in [5.41, 5.74) is 0. The molecule has 0 atom stereocenters. The first-order valence-electron chi connectivity index (χ1n) is 3.26. The van der Waals surface area contributed by atoms with Gasteiger partial charge in [0, 0.05) is 0 Å². The van der Waals surface area contributed by atoms with E-state index in [4.69, 9.17) is 30.0 Å². The van der Waals surface area contributed by atoms with E-state index < -0.39 is 44.0 Å². The van der Waals surface area contributed by atoms with Crippen molar-refractivity contribution in [3.05, 3.63) is 29.1 Å². The zero-order valence-electron chi connectivity index (χ0n) is 6.52. The third-order valence-corrected chi connectivity index (χ3v) is 6.55. The molecule has 0 unspecified atom stereocenters. The summed E-state index contributed by atoms with van der Waals surface area (Å²) in [6, 6.07) is 0. The molecule has 0 fully saturated rings. The van der Waals surface area contributed by atoms with Gasteiger partial charge in [0.2, 0.25) is 0 Å². The van der Waals surface area contributed by atoms with Gasteiger partial charge in [-0.2, -0.15) is 0 Å². The SMILES string of the molecule is Fc1c(F)c(F)[c]([Ge]([Cl])([Cl])[Cl])c(F)c1F. The zero-order chi connectivity index (χ0) is 12.0. The number of hydrogen-bond acceptors (Lipinski definition) is 0. The maximum absolute atomic E-state index is 13.0. The summed E-state index contributed by atoms with van der Waals surface area (Å²) < 4.78 is 62.4. The van der Waals surface area contributed by atoms with Crippen molar-refractivity contribution in [3.8, 4) is 0 Å². The van der Waals surface area contributed by atoms with E-state index in [1.807, 2.05) is 0 Å². The van der Waals surface area contributed by atoms with E-state index in [1.54, 1.807) is 0 Å². The fourth-order valence-corrected chi connectivity index (χ4v) is 4.95. The zero-order valence-corrected chi connectivity index (χ0v) is 10.9. The second-order valence-electron chi connectivity index (χ2n) is 2.44. The quantitative estimate of drug-likeness (QED) is 0.317. The first-order valence-corrected chi connectivity index (χ1v) is 12.6. The molecule has 84 valence electrons. The van der Waals surface area contributed by atoms with E-state index in [2.05, 4.69) is 0 Å². The molecule has 0 spiro atoms. The molecule has 0 heterocycles. The molecule has 0 aliphatic carbocycles. The van der Waals surface area contributed by atoms with Crippen molar-refractivity contribution in [2.24, 2.45) is 0 Å². The summed E-state index contributed by atoms with van der Waals surface area (Å²) in [7, 11) is 11.0. The molecule has 0 aromatic heterocycles. The van der Waals surface area contributed by atoms with Crippen molar-refractivity contribution in [3.63, 3.8) is 0 Å². The molecule has 0 N–H and O–H groups in total. The molecule has 1 aromatic rings. The van der Waals surface area contributed by atoms with Crippen LogP contribution in [-0.4, -0.2) is 10.5 Å². The molecule has 1 aromatic carbocycles. The van der Waals surface area contributed by atoms with Crippen molar-refractivity contribution >= 4 is 44.9 Å². The van der Waals surface area contributed by atoms with Crippen LogP contribution in [0, 0.1) is 29.1 Å². The Balaban J connectivity index is 3.68. The Hall–Kier alpha value is 0.283. The van der Waals surface area contributed by atoms with Gasteiger partial charge < -0.3 is 0 Å². The Morgan fingerprint density at radius 1 is 0.600 bits per heavy atom. The Labute approximate surface area is 95.8 Å². The van der Waals surface area contributed by atoms with Gasteiger partial charge >= 0.3 is 95.9 Å². The summed E-state index contributed by atoms with van der Waals surface area (Å²) in [6.45, 7) is 0. The van der Waals surface area contributed by atoms with Crippen LogP contribution in [0.2, 0.25) is 0 Å². The number of halogens is 8. The number of benzene rings is 1. The van der Waals surface area contributed by atoms with E-state index in [1.165, 1.54) is 0 Å². The van der Waals surface area contributed by atoms with Crippen LogP contribution in [-0.2, 0) is 0 Å². The maximum atomic E-state index is 13.0. The van der Waals surface area contributed by atoms with E-state index in [9.17, 15) is 22.0 Å². The molecule has 9 heteroatoms. The molecule has 15 heavy (non-hydrogen) atoms. The first kappa shape index (κ1) is 13.3. The van der Waals surface area contributed by atoms with Crippen LogP contribution in [0.25, 0.3) is 0 Å². The topological polar surface area (TPSA) is 0 Å². The van der Waals surface area contributed by atoms with E-state index >= 15 is 0 Å². The van der Waals surface area contributed by atoms with Gasteiger partial charge in [0.1, 0.15) is 0 Å².